The topological polar surface area (TPSA) is 17.8 Å². The number of halogens is 4. The molecule has 0 aliphatic rings. The van der Waals surface area contributed by atoms with E-state index in [0.29, 0.717) is 22.1 Å². The van der Waals surface area contributed by atoms with Crippen molar-refractivity contribution in [3.05, 3.63) is 58.4 Å². The van der Waals surface area contributed by atoms with Gasteiger partial charge >= 0.3 is 0 Å². The first-order valence-corrected chi connectivity index (χ1v) is 7.11. The van der Waals surface area contributed by atoms with Crippen LogP contribution in [0.25, 0.3) is 16.7 Å². The fraction of sp³-hybridized carbons (Fsp3) is 0.133. The number of fused-ring (bicyclic) bond motifs is 1. The summed E-state index contributed by atoms with van der Waals surface area (Å²) in [5, 5.41) is 0.523. The lowest BCUT2D eigenvalue weighted by atomic mass is 10.2. The highest BCUT2D eigenvalue weighted by Crippen LogP contribution is 2.28. The van der Waals surface area contributed by atoms with E-state index < -0.39 is 11.6 Å². The van der Waals surface area contributed by atoms with Crippen LogP contribution in [0.2, 0.25) is 5.02 Å². The lowest BCUT2D eigenvalue weighted by molar-refractivity contribution is 0.590. The van der Waals surface area contributed by atoms with Crippen LogP contribution < -0.4 is 0 Å². The molecule has 0 bridgehead atoms. The highest BCUT2D eigenvalue weighted by atomic mass is 35.5. The first kappa shape index (κ1) is 14.3. The molecule has 108 valence electrons. The van der Waals surface area contributed by atoms with Crippen LogP contribution in [0.3, 0.4) is 0 Å². The number of hydrogen-bond donors (Lipinski definition) is 0. The van der Waals surface area contributed by atoms with Gasteiger partial charge in [-0.2, -0.15) is 0 Å². The lowest BCUT2D eigenvalue weighted by Gasteiger charge is -2.11. The molecule has 6 heteroatoms. The summed E-state index contributed by atoms with van der Waals surface area (Å²) < 4.78 is 29.1. The SMILES string of the molecule is Cc1ccc(Cl)cc1-n1c(CCl)nc2c(F)cc(F)cc21. The third kappa shape index (κ3) is 2.39. The van der Waals surface area contributed by atoms with Crippen molar-refractivity contribution in [3.8, 4) is 5.69 Å². The van der Waals surface area contributed by atoms with Crippen LogP contribution in [-0.4, -0.2) is 9.55 Å². The number of hydrogen-bond acceptors (Lipinski definition) is 1. The summed E-state index contributed by atoms with van der Waals surface area (Å²) in [5.74, 6) is -0.875. The van der Waals surface area contributed by atoms with E-state index in [1.807, 2.05) is 13.0 Å². The van der Waals surface area contributed by atoms with E-state index in [9.17, 15) is 8.78 Å². The van der Waals surface area contributed by atoms with Gasteiger partial charge in [0.25, 0.3) is 0 Å². The zero-order valence-electron chi connectivity index (χ0n) is 11.0. The van der Waals surface area contributed by atoms with E-state index in [1.165, 1.54) is 6.07 Å². The molecule has 0 atom stereocenters. The quantitative estimate of drug-likeness (QED) is 0.605. The summed E-state index contributed by atoms with van der Waals surface area (Å²) in [5.41, 5.74) is 2.01. The van der Waals surface area contributed by atoms with Crippen molar-refractivity contribution in [1.29, 1.82) is 0 Å². The summed E-state index contributed by atoms with van der Waals surface area (Å²) in [6.45, 7) is 1.88. The third-order valence-corrected chi connectivity index (χ3v) is 3.75. The van der Waals surface area contributed by atoms with Crippen LogP contribution in [-0.2, 0) is 5.88 Å². The van der Waals surface area contributed by atoms with E-state index in [-0.39, 0.29) is 11.4 Å². The molecule has 0 fully saturated rings. The zero-order chi connectivity index (χ0) is 15.1. The molecule has 0 spiro atoms. The van der Waals surface area contributed by atoms with Gasteiger partial charge in [-0.3, -0.25) is 4.57 Å². The number of aryl methyl sites for hydroxylation is 1. The normalized spacial score (nSPS) is 11.3. The summed E-state index contributed by atoms with van der Waals surface area (Å²) in [7, 11) is 0. The Kier molecular flexibility index (Phi) is 3.59. The van der Waals surface area contributed by atoms with Gasteiger partial charge in [0.2, 0.25) is 0 Å². The number of imidazole rings is 1. The Morgan fingerprint density at radius 1 is 1.19 bits per heavy atom. The number of alkyl halides is 1. The average molecular weight is 327 g/mol. The Hall–Kier alpha value is -1.65. The van der Waals surface area contributed by atoms with Crippen LogP contribution >= 0.6 is 23.2 Å². The standard InChI is InChI=1S/C15H10Cl2F2N2/c1-8-2-3-9(17)4-12(8)21-13-6-10(18)5-11(19)15(13)20-14(21)7-16/h2-6H,7H2,1H3. The molecule has 3 aromatic rings. The van der Waals surface area contributed by atoms with E-state index in [1.54, 1.807) is 16.7 Å². The number of nitrogens with zero attached hydrogens (tertiary/aromatic N) is 2. The van der Waals surface area contributed by atoms with Crippen molar-refractivity contribution in [3.63, 3.8) is 0 Å². The Morgan fingerprint density at radius 3 is 2.67 bits per heavy atom. The van der Waals surface area contributed by atoms with Gasteiger partial charge in [-0.1, -0.05) is 17.7 Å². The minimum Gasteiger partial charge on any atom is -0.295 e. The highest BCUT2D eigenvalue weighted by molar-refractivity contribution is 6.30. The average Bonchev–Trinajstić information content (AvgIpc) is 2.80. The largest absolute Gasteiger partial charge is 0.295 e. The van der Waals surface area contributed by atoms with Gasteiger partial charge in [0, 0.05) is 17.2 Å². The van der Waals surface area contributed by atoms with E-state index in [2.05, 4.69) is 4.98 Å². The van der Waals surface area contributed by atoms with E-state index in [0.717, 1.165) is 11.6 Å². The second-order valence-electron chi connectivity index (χ2n) is 4.68. The summed E-state index contributed by atoms with van der Waals surface area (Å²) in [6, 6.07) is 7.35. The van der Waals surface area contributed by atoms with Crippen molar-refractivity contribution in [2.45, 2.75) is 12.8 Å². The molecule has 3 rings (SSSR count). The van der Waals surface area contributed by atoms with Crippen molar-refractivity contribution in [1.82, 2.24) is 9.55 Å². The van der Waals surface area contributed by atoms with E-state index in [4.69, 9.17) is 23.2 Å². The smallest absolute Gasteiger partial charge is 0.153 e. The second kappa shape index (κ2) is 5.28. The maximum atomic E-state index is 13.9. The minimum absolute atomic E-state index is 0.0711. The maximum absolute atomic E-state index is 13.9. The summed E-state index contributed by atoms with van der Waals surface area (Å²) >= 11 is 11.9. The predicted molar refractivity (Wildman–Crippen MR) is 80.3 cm³/mol. The van der Waals surface area contributed by atoms with Crippen molar-refractivity contribution < 1.29 is 8.78 Å². The molecule has 1 heterocycles. The summed E-state index contributed by atoms with van der Waals surface area (Å²) in [4.78, 5) is 4.17. The molecular formula is C15H10Cl2F2N2. The Balaban J connectivity index is 2.43. The molecule has 0 aliphatic heterocycles. The van der Waals surface area contributed by atoms with Gasteiger partial charge in [0.15, 0.2) is 5.82 Å². The molecule has 0 N–H and O–H groups in total. The molecule has 1 aromatic heterocycles. The van der Waals surface area contributed by atoms with Crippen molar-refractivity contribution >= 4 is 34.2 Å². The zero-order valence-corrected chi connectivity index (χ0v) is 12.5. The lowest BCUT2D eigenvalue weighted by Crippen LogP contribution is -2.01. The van der Waals surface area contributed by atoms with Gasteiger partial charge in [0.05, 0.1) is 17.1 Å². The molecule has 0 unspecified atom stereocenters. The Bertz CT molecular complexity index is 843. The first-order valence-electron chi connectivity index (χ1n) is 6.20. The number of rotatable bonds is 2. The monoisotopic (exact) mass is 326 g/mol. The fourth-order valence-electron chi connectivity index (χ4n) is 2.33. The maximum Gasteiger partial charge on any atom is 0.153 e. The fourth-order valence-corrected chi connectivity index (χ4v) is 2.68. The number of benzene rings is 2. The number of aromatic nitrogens is 2. The summed E-state index contributed by atoms with van der Waals surface area (Å²) in [6.07, 6.45) is 0. The molecule has 0 radical (unpaired) electrons. The molecule has 2 nitrogen and oxygen atoms in total. The first-order chi connectivity index (χ1) is 10.0. The molecule has 2 aromatic carbocycles. The van der Waals surface area contributed by atoms with Gasteiger partial charge in [-0.05, 0) is 24.6 Å². The van der Waals surface area contributed by atoms with Crippen LogP contribution in [0.1, 0.15) is 11.4 Å². The molecule has 0 saturated carbocycles. The van der Waals surface area contributed by atoms with Gasteiger partial charge in [-0.15, -0.1) is 11.6 Å². The van der Waals surface area contributed by atoms with Crippen LogP contribution in [0.4, 0.5) is 8.78 Å². The van der Waals surface area contributed by atoms with Crippen LogP contribution in [0.5, 0.6) is 0 Å². The highest BCUT2D eigenvalue weighted by Gasteiger charge is 2.17. The van der Waals surface area contributed by atoms with Crippen molar-refractivity contribution in [2.75, 3.05) is 0 Å². The Labute approximate surface area is 129 Å². The molecule has 0 amide bonds. The van der Waals surface area contributed by atoms with Gasteiger partial charge < -0.3 is 0 Å². The predicted octanol–water partition coefficient (Wildman–Crippen LogP) is 5.00. The molecule has 0 saturated heterocycles. The van der Waals surface area contributed by atoms with Gasteiger partial charge in [0.1, 0.15) is 17.2 Å². The van der Waals surface area contributed by atoms with Crippen LogP contribution in [0, 0.1) is 18.6 Å². The van der Waals surface area contributed by atoms with E-state index >= 15 is 0 Å². The second-order valence-corrected chi connectivity index (χ2v) is 5.39. The third-order valence-electron chi connectivity index (χ3n) is 3.28. The minimum atomic E-state index is -0.713. The molecular weight excluding hydrogens is 317 g/mol. The van der Waals surface area contributed by atoms with Crippen LogP contribution in [0.15, 0.2) is 30.3 Å². The van der Waals surface area contributed by atoms with Gasteiger partial charge in [-0.25, -0.2) is 13.8 Å². The molecule has 0 aliphatic carbocycles. The Morgan fingerprint density at radius 2 is 1.95 bits per heavy atom. The van der Waals surface area contributed by atoms with Crippen molar-refractivity contribution in [2.24, 2.45) is 0 Å². The molecule has 21 heavy (non-hydrogen) atoms.